The molecule has 1 fully saturated rings. The Kier molecular flexibility index (Phi) is 10.6. The monoisotopic (exact) mass is 683 g/mol. The molecule has 220 valence electrons. The van der Waals surface area contributed by atoms with Crippen molar-refractivity contribution in [3.05, 3.63) is 64.0 Å². The topological polar surface area (TPSA) is 148 Å². The van der Waals surface area contributed by atoms with Gasteiger partial charge in [-0.1, -0.05) is 35.0 Å². The summed E-state index contributed by atoms with van der Waals surface area (Å²) in [5.74, 6) is -0.527. The zero-order chi connectivity index (χ0) is 29.6. The molecule has 3 aromatic rings. The van der Waals surface area contributed by atoms with E-state index >= 15 is 0 Å². The van der Waals surface area contributed by atoms with Crippen LogP contribution in [0.4, 0.5) is 0 Å². The van der Waals surface area contributed by atoms with Crippen molar-refractivity contribution in [3.63, 3.8) is 0 Å². The number of tetrazole rings is 1. The molecular weight excluding hydrogens is 661 g/mol. The number of thioether (sulfide) groups is 4. The number of carboxylic acid groups (broad SMARTS) is 1. The Morgan fingerprint density at radius 3 is 2.74 bits per heavy atom. The number of amides is 2. The number of nitrogens with zero attached hydrogens (tertiary/aromatic N) is 5. The maximum Gasteiger partial charge on any atom is 0.253 e. The van der Waals surface area contributed by atoms with E-state index in [-0.39, 0.29) is 17.4 Å². The van der Waals surface area contributed by atoms with Crippen LogP contribution in [0.1, 0.15) is 6.42 Å². The third kappa shape index (κ3) is 7.55. The number of carbonyl (C=O) groups is 3. The summed E-state index contributed by atoms with van der Waals surface area (Å²) in [6.45, 7) is 0.829. The van der Waals surface area contributed by atoms with Gasteiger partial charge in [0.25, 0.3) is 5.91 Å². The molecule has 1 saturated heterocycles. The molecule has 2 N–H and O–H groups in total. The lowest BCUT2D eigenvalue weighted by Gasteiger charge is -2.50. The number of carbonyl (C=O) groups excluding carboxylic acids is 3. The lowest BCUT2D eigenvalue weighted by Crippen LogP contribution is -2.71. The highest BCUT2D eigenvalue weighted by atomic mass is 35.5. The number of pyridine rings is 1. The summed E-state index contributed by atoms with van der Waals surface area (Å²) in [5.41, 5.74) is 0.507. The normalized spacial score (nSPS) is 18.0. The summed E-state index contributed by atoms with van der Waals surface area (Å²) in [5, 5.41) is 29.7. The van der Waals surface area contributed by atoms with Crippen LogP contribution < -0.4 is 15.0 Å². The summed E-state index contributed by atoms with van der Waals surface area (Å²) in [4.78, 5) is 40.5. The van der Waals surface area contributed by atoms with E-state index in [1.54, 1.807) is 18.2 Å². The number of hydrogen-bond donors (Lipinski definition) is 2. The van der Waals surface area contributed by atoms with Crippen molar-refractivity contribution >= 4 is 88.0 Å². The molecule has 17 heteroatoms. The molecule has 0 spiro atoms. The molecule has 0 bridgehead atoms. The molecule has 0 aliphatic carbocycles. The number of β-lactam (4-membered cyclic amide) rings is 1. The summed E-state index contributed by atoms with van der Waals surface area (Å²) >= 11 is 17.8. The zero-order valence-corrected chi connectivity index (χ0v) is 26.5. The predicted molar refractivity (Wildman–Crippen MR) is 161 cm³/mol. The lowest BCUT2D eigenvalue weighted by molar-refractivity contribution is -0.697. The Morgan fingerprint density at radius 1 is 1.19 bits per heavy atom. The number of hydrogen-bond acceptors (Lipinski definition) is 11. The molecule has 5 rings (SSSR count). The molecule has 42 heavy (non-hydrogen) atoms. The average molecular weight is 685 g/mol. The van der Waals surface area contributed by atoms with Gasteiger partial charge in [-0.25, -0.2) is 4.57 Å². The van der Waals surface area contributed by atoms with Crippen LogP contribution >= 0.6 is 70.2 Å². The van der Waals surface area contributed by atoms with Gasteiger partial charge in [-0.15, -0.1) is 45.5 Å². The fourth-order valence-corrected chi connectivity index (χ4v) is 8.55. The van der Waals surface area contributed by atoms with Gasteiger partial charge in [0, 0.05) is 50.6 Å². The molecule has 2 aliphatic heterocycles. The summed E-state index contributed by atoms with van der Waals surface area (Å²) < 4.78 is 2.07. The number of benzene rings is 1. The van der Waals surface area contributed by atoms with Crippen LogP contribution in [-0.2, 0) is 20.9 Å². The number of aromatic amines is 1. The van der Waals surface area contributed by atoms with Crippen LogP contribution in [0.15, 0.2) is 68.9 Å². The van der Waals surface area contributed by atoms with Crippen molar-refractivity contribution in [1.29, 1.82) is 0 Å². The van der Waals surface area contributed by atoms with Gasteiger partial charge in [0.1, 0.15) is 18.0 Å². The number of aromatic nitrogens is 5. The van der Waals surface area contributed by atoms with Gasteiger partial charge in [-0.05, 0) is 29.0 Å². The molecule has 2 atom stereocenters. The van der Waals surface area contributed by atoms with Crippen LogP contribution in [0.25, 0.3) is 0 Å². The highest BCUT2D eigenvalue weighted by Crippen LogP contribution is 2.41. The van der Waals surface area contributed by atoms with Crippen LogP contribution in [0, 0.1) is 0 Å². The average Bonchev–Trinajstić information content (AvgIpc) is 3.51. The minimum absolute atomic E-state index is 0.0304. The number of fused-ring (bicyclic) bond motifs is 1. The van der Waals surface area contributed by atoms with Gasteiger partial charge in [0.2, 0.25) is 11.1 Å². The molecular formula is C25H23Cl2N7O4S4. The molecule has 4 heterocycles. The van der Waals surface area contributed by atoms with Crippen LogP contribution in [0.5, 0.6) is 0 Å². The molecule has 2 aromatic heterocycles. The number of halogens is 2. The van der Waals surface area contributed by atoms with Crippen molar-refractivity contribution in [1.82, 2.24) is 30.8 Å². The fourth-order valence-electron chi connectivity index (χ4n) is 4.21. The maximum absolute atomic E-state index is 13.0. The SMILES string of the molecule is O=C(CSc1cc(Cl)ccc1Cl)N[C@@H]1C(=O)N2C(C(=O)[O-])=C(CSc3cc[n+](CCCSc4nn[nH]n4)cc3)CS[C@H]12. The van der Waals surface area contributed by atoms with Crippen molar-refractivity contribution < 1.29 is 24.1 Å². The quantitative estimate of drug-likeness (QED) is 0.118. The Labute approximate surface area is 267 Å². The molecule has 1 aromatic carbocycles. The van der Waals surface area contributed by atoms with E-state index in [0.717, 1.165) is 23.6 Å². The molecule has 0 saturated carbocycles. The van der Waals surface area contributed by atoms with E-state index in [1.165, 1.54) is 51.9 Å². The Morgan fingerprint density at radius 2 is 2.00 bits per heavy atom. The number of rotatable bonds is 13. The second-order valence-electron chi connectivity index (χ2n) is 9.01. The van der Waals surface area contributed by atoms with E-state index in [4.69, 9.17) is 23.2 Å². The first-order valence-corrected chi connectivity index (χ1v) is 17.3. The van der Waals surface area contributed by atoms with Gasteiger partial charge < -0.3 is 15.2 Å². The molecule has 0 radical (unpaired) electrons. The van der Waals surface area contributed by atoms with Gasteiger partial charge in [-0.3, -0.25) is 14.5 Å². The van der Waals surface area contributed by atoms with E-state index in [1.807, 2.05) is 24.5 Å². The Bertz CT molecular complexity index is 1490. The number of H-pyrrole nitrogens is 1. The highest BCUT2D eigenvalue weighted by molar-refractivity contribution is 8.01. The molecule has 2 aliphatic rings. The summed E-state index contributed by atoms with van der Waals surface area (Å²) in [6.07, 6.45) is 4.88. The van der Waals surface area contributed by atoms with Gasteiger partial charge in [0.15, 0.2) is 12.4 Å². The molecule has 11 nitrogen and oxygen atoms in total. The predicted octanol–water partition coefficient (Wildman–Crippen LogP) is 2.26. The maximum atomic E-state index is 13.0. The number of nitrogens with one attached hydrogen (secondary N) is 2. The number of carboxylic acids is 1. The second-order valence-corrected chi connectivity index (χ2v) is 14.1. The fraction of sp³-hybridized carbons (Fsp3) is 0.320. The third-order valence-electron chi connectivity index (χ3n) is 6.20. The number of aliphatic carboxylic acids is 1. The first-order valence-electron chi connectivity index (χ1n) is 12.5. The lowest BCUT2D eigenvalue weighted by atomic mass is 10.0. The van der Waals surface area contributed by atoms with Gasteiger partial charge >= 0.3 is 0 Å². The van der Waals surface area contributed by atoms with Crippen molar-refractivity contribution in [2.45, 2.75) is 39.3 Å². The van der Waals surface area contributed by atoms with E-state index in [2.05, 4.69) is 30.5 Å². The largest absolute Gasteiger partial charge is 0.543 e. The minimum Gasteiger partial charge on any atom is -0.543 e. The Balaban J connectivity index is 1.12. The number of aryl methyl sites for hydroxylation is 1. The first-order chi connectivity index (χ1) is 20.3. The van der Waals surface area contributed by atoms with Crippen LogP contribution in [0.3, 0.4) is 0 Å². The van der Waals surface area contributed by atoms with E-state index in [9.17, 15) is 19.5 Å². The smallest absolute Gasteiger partial charge is 0.253 e. The van der Waals surface area contributed by atoms with E-state index < -0.39 is 23.3 Å². The molecule has 2 amide bonds. The minimum atomic E-state index is -1.40. The van der Waals surface area contributed by atoms with Gasteiger partial charge in [0.05, 0.1) is 22.4 Å². The summed E-state index contributed by atoms with van der Waals surface area (Å²) in [7, 11) is 0. The van der Waals surface area contributed by atoms with Gasteiger partial charge in [-0.2, -0.15) is 5.21 Å². The Hall–Kier alpha value is -2.43. The standard InChI is InChI=1S/C25H23Cl2N7O4S4/c26-15-2-3-17(27)18(10-15)41-13-19(35)28-20-22(36)34-21(24(37)38)14(12-42-23(20)34)11-40-16-4-7-33(8-5-16)6-1-9-39-25-29-31-32-30-25/h2-5,7-8,10,20,23H,1,6,9,11-13H2,(H2-,28,29,30,31,32,35,37,38)/t20-,23-/m1/s1. The van der Waals surface area contributed by atoms with Crippen molar-refractivity contribution in [3.8, 4) is 0 Å². The van der Waals surface area contributed by atoms with E-state index in [0.29, 0.717) is 37.2 Å². The van der Waals surface area contributed by atoms with Crippen molar-refractivity contribution in [2.75, 3.05) is 23.0 Å². The van der Waals surface area contributed by atoms with Crippen LogP contribution in [-0.4, -0.2) is 77.7 Å². The van der Waals surface area contributed by atoms with Crippen LogP contribution in [0.2, 0.25) is 10.0 Å². The second kappa shape index (κ2) is 14.4. The van der Waals surface area contributed by atoms with Crippen molar-refractivity contribution in [2.24, 2.45) is 0 Å². The zero-order valence-electron chi connectivity index (χ0n) is 21.7. The molecule has 0 unspecified atom stereocenters. The first kappa shape index (κ1) is 31.0. The third-order valence-corrected chi connectivity index (χ3v) is 11.3. The summed E-state index contributed by atoms with van der Waals surface area (Å²) in [6, 6.07) is 8.12. The highest BCUT2D eigenvalue weighted by Gasteiger charge is 2.52.